The van der Waals surface area contributed by atoms with Crippen LogP contribution in [0.25, 0.3) is 10.2 Å². The zero-order valence-corrected chi connectivity index (χ0v) is 15.5. The van der Waals surface area contributed by atoms with Gasteiger partial charge in [0.1, 0.15) is 16.6 Å². The minimum Gasteiger partial charge on any atom is -0.467 e. The number of carbonyl (C=O) groups is 2. The molecule has 2 heterocycles. The fourth-order valence-corrected chi connectivity index (χ4v) is 3.61. The number of carbonyl (C=O) groups excluding carboxylic acids is 2. The monoisotopic (exact) mass is 388 g/mol. The van der Waals surface area contributed by atoms with Crippen molar-refractivity contribution in [1.82, 2.24) is 10.3 Å². The first kappa shape index (κ1) is 20.2. The molecule has 9 heteroatoms. The summed E-state index contributed by atoms with van der Waals surface area (Å²) in [6.45, 7) is 5.43. The topological polar surface area (TPSA) is 68.3 Å². The lowest BCUT2D eigenvalue weighted by Gasteiger charge is -2.18. The number of fused-ring (bicyclic) bond motifs is 1. The Morgan fingerprint density at radius 3 is 2.50 bits per heavy atom. The molecule has 142 valence electrons. The van der Waals surface area contributed by atoms with Crippen LogP contribution in [0, 0.1) is 12.8 Å². The van der Waals surface area contributed by atoms with Crippen LogP contribution in [-0.4, -0.2) is 30.0 Å². The highest BCUT2D eigenvalue weighted by molar-refractivity contribution is 7.20. The Hall–Kier alpha value is -2.16. The molecule has 0 saturated heterocycles. The van der Waals surface area contributed by atoms with Gasteiger partial charge in [0.05, 0.1) is 12.0 Å². The number of halogens is 3. The molecule has 0 fully saturated rings. The Morgan fingerprint density at radius 2 is 1.96 bits per heavy atom. The molecule has 0 radical (unpaired) electrons. The maximum atomic E-state index is 12.8. The zero-order valence-electron chi connectivity index (χ0n) is 14.7. The van der Waals surface area contributed by atoms with E-state index in [-0.39, 0.29) is 15.6 Å². The summed E-state index contributed by atoms with van der Waals surface area (Å²) in [6.07, 6.45) is -4.17. The third kappa shape index (κ3) is 4.32. The molecule has 0 spiro atoms. The van der Waals surface area contributed by atoms with E-state index in [0.29, 0.717) is 17.4 Å². The second-order valence-electron chi connectivity index (χ2n) is 6.28. The van der Waals surface area contributed by atoms with Gasteiger partial charge in [-0.2, -0.15) is 13.2 Å². The van der Waals surface area contributed by atoms with Crippen molar-refractivity contribution in [2.75, 3.05) is 7.11 Å². The average molecular weight is 388 g/mol. The van der Waals surface area contributed by atoms with Crippen LogP contribution in [0.5, 0.6) is 0 Å². The Labute approximate surface area is 152 Å². The molecule has 2 rings (SSSR count). The van der Waals surface area contributed by atoms with Crippen LogP contribution >= 0.6 is 11.3 Å². The highest BCUT2D eigenvalue weighted by Crippen LogP contribution is 2.34. The molecule has 5 nitrogen and oxygen atoms in total. The van der Waals surface area contributed by atoms with Gasteiger partial charge < -0.3 is 10.1 Å². The molecule has 26 heavy (non-hydrogen) atoms. The molecule has 0 bridgehead atoms. The number of rotatable bonds is 5. The number of esters is 1. The number of nitrogens with zero attached hydrogens (tertiary/aromatic N) is 1. The Balaban J connectivity index is 2.34. The van der Waals surface area contributed by atoms with E-state index in [1.54, 1.807) is 6.92 Å². The molecule has 0 aliphatic rings. The molecule has 1 unspecified atom stereocenters. The van der Waals surface area contributed by atoms with Crippen molar-refractivity contribution in [1.29, 1.82) is 0 Å². The fourth-order valence-electron chi connectivity index (χ4n) is 2.53. The van der Waals surface area contributed by atoms with E-state index in [1.807, 2.05) is 13.8 Å². The summed E-state index contributed by atoms with van der Waals surface area (Å²) in [6, 6.07) is 1.37. The van der Waals surface area contributed by atoms with Crippen molar-refractivity contribution in [3.8, 4) is 0 Å². The number of methoxy groups -OCH3 is 1. The first-order valence-electron chi connectivity index (χ1n) is 7.90. The lowest BCUT2D eigenvalue weighted by Crippen LogP contribution is -2.42. The highest BCUT2D eigenvalue weighted by Gasteiger charge is 2.33. The number of pyridine rings is 1. The lowest BCUT2D eigenvalue weighted by molar-refractivity contribution is -0.143. The van der Waals surface area contributed by atoms with Gasteiger partial charge in [-0.3, -0.25) is 4.79 Å². The quantitative estimate of drug-likeness (QED) is 0.788. The molecule has 0 aliphatic carbocycles. The minimum atomic E-state index is -4.55. The van der Waals surface area contributed by atoms with Gasteiger partial charge >= 0.3 is 12.1 Å². The highest BCUT2D eigenvalue weighted by atomic mass is 32.1. The van der Waals surface area contributed by atoms with E-state index >= 15 is 0 Å². The Morgan fingerprint density at radius 1 is 1.31 bits per heavy atom. The van der Waals surface area contributed by atoms with Crippen molar-refractivity contribution in [3.63, 3.8) is 0 Å². The van der Waals surface area contributed by atoms with Crippen molar-refractivity contribution in [3.05, 3.63) is 28.3 Å². The third-order valence-electron chi connectivity index (χ3n) is 3.80. The summed E-state index contributed by atoms with van der Waals surface area (Å²) in [5.74, 6) is -0.961. The largest absolute Gasteiger partial charge is 0.467 e. The van der Waals surface area contributed by atoms with Gasteiger partial charge in [-0.25, -0.2) is 9.78 Å². The molecule has 0 aliphatic heterocycles. The number of aryl methyl sites for hydroxylation is 1. The van der Waals surface area contributed by atoms with Crippen molar-refractivity contribution >= 4 is 33.4 Å². The molecule has 0 aromatic carbocycles. The second kappa shape index (κ2) is 7.61. The second-order valence-corrected chi connectivity index (χ2v) is 7.28. The summed E-state index contributed by atoms with van der Waals surface area (Å²) in [5.41, 5.74) is -0.484. The van der Waals surface area contributed by atoms with Crippen molar-refractivity contribution in [2.45, 2.75) is 39.4 Å². The summed E-state index contributed by atoms with van der Waals surface area (Å²) in [5, 5.41) is 3.09. The maximum absolute atomic E-state index is 12.8. The summed E-state index contributed by atoms with van der Waals surface area (Å²) in [7, 11) is 1.23. The third-order valence-corrected chi connectivity index (χ3v) is 5.00. The van der Waals surface area contributed by atoms with Gasteiger partial charge in [-0.1, -0.05) is 13.8 Å². The van der Waals surface area contributed by atoms with Gasteiger partial charge in [0.2, 0.25) is 0 Å². The predicted molar refractivity (Wildman–Crippen MR) is 92.1 cm³/mol. The SMILES string of the molecule is COC(=O)C(CC(C)C)NC(=O)c1sc2nc(C(F)(F)F)ccc2c1C. The van der Waals surface area contributed by atoms with E-state index in [4.69, 9.17) is 4.74 Å². The van der Waals surface area contributed by atoms with Gasteiger partial charge in [0.25, 0.3) is 5.91 Å². The van der Waals surface area contributed by atoms with Gasteiger partial charge in [-0.05, 0) is 37.0 Å². The van der Waals surface area contributed by atoms with Gasteiger partial charge in [0.15, 0.2) is 0 Å². The van der Waals surface area contributed by atoms with Crippen LogP contribution < -0.4 is 5.32 Å². The maximum Gasteiger partial charge on any atom is 0.433 e. The normalized spacial score (nSPS) is 13.1. The Kier molecular flexibility index (Phi) is 5.90. The van der Waals surface area contributed by atoms with Crippen LogP contribution in [0.3, 0.4) is 0 Å². The molecular formula is C17H19F3N2O3S. The Bertz CT molecular complexity index is 831. The van der Waals surface area contributed by atoms with Crippen molar-refractivity contribution < 1.29 is 27.5 Å². The van der Waals surface area contributed by atoms with Crippen LogP contribution in [0.15, 0.2) is 12.1 Å². The summed E-state index contributed by atoms with van der Waals surface area (Å²) < 4.78 is 43.1. The number of hydrogen-bond donors (Lipinski definition) is 1. The number of nitrogens with one attached hydrogen (secondary N) is 1. The molecule has 1 amide bonds. The standard InChI is InChI=1S/C17H19F3N2O3S/c1-8(2)7-11(16(24)25-4)21-14(23)13-9(3)10-5-6-12(17(18,19)20)22-15(10)26-13/h5-6,8,11H,7H2,1-4H3,(H,21,23). The first-order chi connectivity index (χ1) is 12.0. The van der Waals surface area contributed by atoms with E-state index in [2.05, 4.69) is 10.3 Å². The van der Waals surface area contributed by atoms with E-state index < -0.39 is 29.8 Å². The number of hydrogen-bond acceptors (Lipinski definition) is 5. The molecule has 2 aromatic rings. The number of amides is 1. The molecule has 1 N–H and O–H groups in total. The molecule has 2 aromatic heterocycles. The number of alkyl halides is 3. The smallest absolute Gasteiger partial charge is 0.433 e. The number of aromatic nitrogens is 1. The average Bonchev–Trinajstić information content (AvgIpc) is 2.88. The van der Waals surface area contributed by atoms with Crippen LogP contribution in [0.4, 0.5) is 13.2 Å². The fraction of sp³-hybridized carbons (Fsp3) is 0.471. The van der Waals surface area contributed by atoms with Gasteiger partial charge in [0, 0.05) is 5.39 Å². The van der Waals surface area contributed by atoms with Gasteiger partial charge in [-0.15, -0.1) is 11.3 Å². The first-order valence-corrected chi connectivity index (χ1v) is 8.72. The molecular weight excluding hydrogens is 369 g/mol. The van der Waals surface area contributed by atoms with Crippen LogP contribution in [0.2, 0.25) is 0 Å². The lowest BCUT2D eigenvalue weighted by atomic mass is 10.0. The van der Waals surface area contributed by atoms with E-state index in [0.717, 1.165) is 17.4 Å². The summed E-state index contributed by atoms with van der Waals surface area (Å²) in [4.78, 5) is 28.4. The number of ether oxygens (including phenoxy) is 1. The van der Waals surface area contributed by atoms with Crippen LogP contribution in [0.1, 0.15) is 41.2 Å². The number of thiophene rings is 1. The van der Waals surface area contributed by atoms with E-state index in [9.17, 15) is 22.8 Å². The van der Waals surface area contributed by atoms with Crippen molar-refractivity contribution in [2.24, 2.45) is 5.92 Å². The zero-order chi connectivity index (χ0) is 19.6. The molecule has 0 saturated carbocycles. The minimum absolute atomic E-state index is 0.126. The van der Waals surface area contributed by atoms with Crippen LogP contribution in [-0.2, 0) is 15.7 Å². The van der Waals surface area contributed by atoms with E-state index in [1.165, 1.54) is 13.2 Å². The molecule has 1 atom stereocenters. The summed E-state index contributed by atoms with van der Waals surface area (Å²) >= 11 is 0.867. The predicted octanol–water partition coefficient (Wildman–Crippen LogP) is 3.94.